The Labute approximate surface area is 143 Å². The summed E-state index contributed by atoms with van der Waals surface area (Å²) >= 11 is 0. The summed E-state index contributed by atoms with van der Waals surface area (Å²) in [6.07, 6.45) is 5.20. The van der Waals surface area contributed by atoms with Crippen LogP contribution in [0.1, 0.15) is 16.9 Å². The van der Waals surface area contributed by atoms with E-state index in [0.717, 1.165) is 6.42 Å². The molecule has 130 valence electrons. The van der Waals surface area contributed by atoms with Gasteiger partial charge >= 0.3 is 0 Å². The molecule has 1 amide bonds. The summed E-state index contributed by atoms with van der Waals surface area (Å²) in [6, 6.07) is 4.42. The highest BCUT2D eigenvalue weighted by atomic mass is 19.1. The molecular formula is C17H17FN4O3. The van der Waals surface area contributed by atoms with Gasteiger partial charge in [-0.2, -0.15) is 0 Å². The number of halogens is 1. The van der Waals surface area contributed by atoms with Gasteiger partial charge in [-0.15, -0.1) is 0 Å². The summed E-state index contributed by atoms with van der Waals surface area (Å²) in [6.45, 7) is 1.88. The standard InChI is InChI=1S/C17H17FN4O3/c18-13-2-1-5-20-15(13)24-8-12-4-7-25-17(12)9-22(10-17)16(23)14-3-6-19-11-21-14/h1-3,5-6,11-12H,4,7-10H2. The third-order valence-corrected chi connectivity index (χ3v) is 4.75. The monoisotopic (exact) mass is 344 g/mol. The number of nitrogens with zero attached hydrogens (tertiary/aromatic N) is 4. The van der Waals surface area contributed by atoms with Crippen molar-refractivity contribution in [2.75, 3.05) is 26.3 Å². The normalized spacial score (nSPS) is 21.2. The van der Waals surface area contributed by atoms with Crippen LogP contribution in [-0.4, -0.2) is 57.7 Å². The number of pyridine rings is 1. The van der Waals surface area contributed by atoms with Crippen LogP contribution in [0.2, 0.25) is 0 Å². The molecule has 4 rings (SSSR count). The fraction of sp³-hybridized carbons (Fsp3) is 0.412. The number of hydrogen-bond donors (Lipinski definition) is 0. The van der Waals surface area contributed by atoms with E-state index in [1.54, 1.807) is 17.2 Å². The lowest BCUT2D eigenvalue weighted by Gasteiger charge is -2.49. The van der Waals surface area contributed by atoms with Crippen LogP contribution in [0, 0.1) is 11.7 Å². The van der Waals surface area contributed by atoms with E-state index < -0.39 is 11.4 Å². The third kappa shape index (κ3) is 2.93. The van der Waals surface area contributed by atoms with Crippen molar-refractivity contribution in [1.29, 1.82) is 0 Å². The molecule has 2 fully saturated rings. The Balaban J connectivity index is 1.38. The van der Waals surface area contributed by atoms with Crippen LogP contribution < -0.4 is 4.74 Å². The van der Waals surface area contributed by atoms with Gasteiger partial charge in [-0.3, -0.25) is 4.79 Å². The third-order valence-electron chi connectivity index (χ3n) is 4.75. The van der Waals surface area contributed by atoms with E-state index in [9.17, 15) is 9.18 Å². The summed E-state index contributed by atoms with van der Waals surface area (Å²) < 4.78 is 25.1. The zero-order chi connectivity index (χ0) is 17.3. The molecule has 1 atom stereocenters. The van der Waals surface area contributed by atoms with E-state index in [0.29, 0.717) is 32.0 Å². The molecule has 25 heavy (non-hydrogen) atoms. The van der Waals surface area contributed by atoms with Crippen molar-refractivity contribution in [3.05, 3.63) is 48.4 Å². The van der Waals surface area contributed by atoms with Gasteiger partial charge in [-0.1, -0.05) is 0 Å². The zero-order valence-corrected chi connectivity index (χ0v) is 13.5. The minimum atomic E-state index is -0.482. The number of aromatic nitrogens is 3. The highest BCUT2D eigenvalue weighted by Gasteiger charge is 2.55. The second-order valence-electron chi connectivity index (χ2n) is 6.26. The predicted octanol–water partition coefficient (Wildman–Crippen LogP) is 1.32. The Morgan fingerprint density at radius 3 is 3.00 bits per heavy atom. The van der Waals surface area contributed by atoms with E-state index in [-0.39, 0.29) is 17.7 Å². The maximum Gasteiger partial charge on any atom is 0.272 e. The lowest BCUT2D eigenvalue weighted by molar-refractivity contribution is -0.122. The summed E-state index contributed by atoms with van der Waals surface area (Å²) in [5, 5.41) is 0. The maximum absolute atomic E-state index is 13.6. The lowest BCUT2D eigenvalue weighted by atomic mass is 9.81. The Bertz CT molecular complexity index is 767. The first-order valence-corrected chi connectivity index (χ1v) is 8.10. The number of carbonyl (C=O) groups excluding carboxylic acids is 1. The van der Waals surface area contributed by atoms with Crippen molar-refractivity contribution in [2.45, 2.75) is 12.0 Å². The molecule has 2 saturated heterocycles. The molecule has 2 aromatic heterocycles. The Morgan fingerprint density at radius 1 is 1.36 bits per heavy atom. The molecule has 0 aliphatic carbocycles. The molecule has 0 saturated carbocycles. The van der Waals surface area contributed by atoms with Gasteiger partial charge in [-0.05, 0) is 24.6 Å². The Morgan fingerprint density at radius 2 is 2.24 bits per heavy atom. The number of carbonyl (C=O) groups is 1. The molecule has 2 aliphatic heterocycles. The zero-order valence-electron chi connectivity index (χ0n) is 13.5. The summed E-state index contributed by atoms with van der Waals surface area (Å²) in [4.78, 5) is 25.8. The van der Waals surface area contributed by atoms with Crippen molar-refractivity contribution >= 4 is 5.91 Å². The van der Waals surface area contributed by atoms with Crippen molar-refractivity contribution in [3.8, 4) is 5.88 Å². The smallest absolute Gasteiger partial charge is 0.272 e. The highest BCUT2D eigenvalue weighted by Crippen LogP contribution is 2.40. The van der Waals surface area contributed by atoms with Gasteiger partial charge in [0.25, 0.3) is 5.91 Å². The van der Waals surface area contributed by atoms with E-state index in [1.807, 2.05) is 0 Å². The van der Waals surface area contributed by atoms with Crippen LogP contribution in [-0.2, 0) is 4.74 Å². The molecule has 0 aromatic carbocycles. The van der Waals surface area contributed by atoms with E-state index in [1.165, 1.54) is 24.7 Å². The highest BCUT2D eigenvalue weighted by molar-refractivity contribution is 5.92. The molecule has 4 heterocycles. The molecule has 7 nitrogen and oxygen atoms in total. The first-order chi connectivity index (χ1) is 12.2. The Hall–Kier alpha value is -2.61. The number of amides is 1. The molecule has 0 bridgehead atoms. The average molecular weight is 344 g/mol. The van der Waals surface area contributed by atoms with Crippen molar-refractivity contribution < 1.29 is 18.7 Å². The Kier molecular flexibility index (Phi) is 4.04. The minimum absolute atomic E-state index is 0.00204. The molecule has 8 heteroatoms. The van der Waals surface area contributed by atoms with E-state index in [2.05, 4.69) is 15.0 Å². The first-order valence-electron chi connectivity index (χ1n) is 8.10. The molecule has 2 aliphatic rings. The minimum Gasteiger partial charge on any atom is -0.475 e. The van der Waals surface area contributed by atoms with Gasteiger partial charge in [0.15, 0.2) is 5.82 Å². The van der Waals surface area contributed by atoms with Gasteiger partial charge < -0.3 is 14.4 Å². The quantitative estimate of drug-likeness (QED) is 0.833. The fourth-order valence-electron chi connectivity index (χ4n) is 3.35. The summed E-state index contributed by atoms with van der Waals surface area (Å²) in [7, 11) is 0. The molecular weight excluding hydrogens is 327 g/mol. The first kappa shape index (κ1) is 15.9. The molecule has 2 aromatic rings. The topological polar surface area (TPSA) is 77.4 Å². The molecule has 1 spiro atoms. The largest absolute Gasteiger partial charge is 0.475 e. The molecule has 1 unspecified atom stereocenters. The number of hydrogen-bond acceptors (Lipinski definition) is 6. The van der Waals surface area contributed by atoms with Crippen LogP contribution in [0.3, 0.4) is 0 Å². The average Bonchev–Trinajstić information content (AvgIpc) is 3.04. The summed E-state index contributed by atoms with van der Waals surface area (Å²) in [5.74, 6) is -0.537. The molecule has 0 radical (unpaired) electrons. The van der Waals surface area contributed by atoms with E-state index >= 15 is 0 Å². The number of ether oxygens (including phenoxy) is 2. The lowest BCUT2D eigenvalue weighted by Crippen LogP contribution is -2.66. The van der Waals surface area contributed by atoms with Crippen LogP contribution >= 0.6 is 0 Å². The molecule has 0 N–H and O–H groups in total. The maximum atomic E-state index is 13.6. The van der Waals surface area contributed by atoms with E-state index in [4.69, 9.17) is 9.47 Å². The van der Waals surface area contributed by atoms with Crippen molar-refractivity contribution in [1.82, 2.24) is 19.9 Å². The van der Waals surface area contributed by atoms with Crippen LogP contribution in [0.25, 0.3) is 0 Å². The van der Waals surface area contributed by atoms with Gasteiger partial charge in [0, 0.05) is 24.9 Å². The van der Waals surface area contributed by atoms with Crippen LogP contribution in [0.5, 0.6) is 5.88 Å². The van der Waals surface area contributed by atoms with Crippen molar-refractivity contribution in [2.24, 2.45) is 5.92 Å². The number of rotatable bonds is 4. The van der Waals surface area contributed by atoms with Gasteiger partial charge in [0.05, 0.1) is 19.7 Å². The van der Waals surface area contributed by atoms with Gasteiger partial charge in [-0.25, -0.2) is 19.3 Å². The van der Waals surface area contributed by atoms with Crippen molar-refractivity contribution in [3.63, 3.8) is 0 Å². The predicted molar refractivity (Wildman–Crippen MR) is 84.4 cm³/mol. The van der Waals surface area contributed by atoms with Gasteiger partial charge in [0.2, 0.25) is 5.88 Å². The second kappa shape index (κ2) is 6.36. The van der Waals surface area contributed by atoms with Crippen LogP contribution in [0.4, 0.5) is 4.39 Å². The van der Waals surface area contributed by atoms with Gasteiger partial charge in [0.1, 0.15) is 17.6 Å². The fourth-order valence-corrected chi connectivity index (χ4v) is 3.35. The van der Waals surface area contributed by atoms with Crippen LogP contribution in [0.15, 0.2) is 36.9 Å². The second-order valence-corrected chi connectivity index (χ2v) is 6.26. The number of likely N-dealkylation sites (tertiary alicyclic amines) is 1. The SMILES string of the molecule is O=C(c1ccncn1)N1CC2(C1)OCCC2COc1ncccc1F. The summed E-state index contributed by atoms with van der Waals surface area (Å²) in [5.41, 5.74) is -0.0558.